The zero-order chi connectivity index (χ0) is 14.8. The molecule has 6 heteroatoms. The van der Waals surface area contributed by atoms with Crippen LogP contribution >= 0.6 is 11.3 Å². The first-order valence-corrected chi connectivity index (χ1v) is 7.13. The maximum atomic E-state index is 12.2. The van der Waals surface area contributed by atoms with Crippen LogP contribution in [0.15, 0.2) is 12.1 Å². The van der Waals surface area contributed by atoms with E-state index in [0.717, 1.165) is 22.9 Å². The Hall–Kier alpha value is -1.66. The van der Waals surface area contributed by atoms with Crippen LogP contribution in [0, 0.1) is 6.92 Å². The summed E-state index contributed by atoms with van der Waals surface area (Å²) >= 11 is 1.29. The van der Waals surface area contributed by atoms with E-state index in [2.05, 4.69) is 5.32 Å². The number of hydrogen-bond donors (Lipinski definition) is 2. The van der Waals surface area contributed by atoms with E-state index in [9.17, 15) is 9.59 Å². The lowest BCUT2D eigenvalue weighted by Gasteiger charge is -2.22. The smallest absolute Gasteiger partial charge is 0.328 e. The van der Waals surface area contributed by atoms with Gasteiger partial charge in [-0.05, 0) is 38.0 Å². The van der Waals surface area contributed by atoms with Crippen LogP contribution in [0.3, 0.4) is 0 Å². The first-order chi connectivity index (χ1) is 9.39. The fourth-order valence-electron chi connectivity index (χ4n) is 2.02. The van der Waals surface area contributed by atoms with Crippen molar-refractivity contribution >= 4 is 29.3 Å². The molecule has 0 aliphatic carbocycles. The third-order valence-electron chi connectivity index (χ3n) is 3.19. The summed E-state index contributed by atoms with van der Waals surface area (Å²) in [5, 5.41) is 11.6. The minimum absolute atomic E-state index is 0.138. The third kappa shape index (κ3) is 3.46. The Bertz CT molecular complexity index is 556. The van der Waals surface area contributed by atoms with Gasteiger partial charge in [0.15, 0.2) is 0 Å². The van der Waals surface area contributed by atoms with Crippen molar-refractivity contribution in [2.75, 3.05) is 13.2 Å². The van der Waals surface area contributed by atoms with E-state index < -0.39 is 5.97 Å². The second-order valence-electron chi connectivity index (χ2n) is 5.15. The molecule has 0 radical (unpaired) electrons. The lowest BCUT2D eigenvalue weighted by atomic mass is 10.0. The fraction of sp³-hybridized carbons (Fsp3) is 0.429. The molecular weight excluding hydrogens is 278 g/mol. The highest BCUT2D eigenvalue weighted by atomic mass is 32.1. The van der Waals surface area contributed by atoms with Gasteiger partial charge >= 0.3 is 5.97 Å². The Balaban J connectivity index is 2.11. The van der Waals surface area contributed by atoms with Crippen molar-refractivity contribution < 1.29 is 19.4 Å². The van der Waals surface area contributed by atoms with Crippen LogP contribution in [-0.4, -0.2) is 35.7 Å². The predicted molar refractivity (Wildman–Crippen MR) is 77.0 cm³/mol. The van der Waals surface area contributed by atoms with Gasteiger partial charge < -0.3 is 15.2 Å². The third-order valence-corrected chi connectivity index (χ3v) is 4.39. The average molecular weight is 295 g/mol. The van der Waals surface area contributed by atoms with E-state index >= 15 is 0 Å². The lowest BCUT2D eigenvalue weighted by Crippen LogP contribution is -2.46. The quantitative estimate of drug-likeness (QED) is 0.834. The number of nitrogens with one attached hydrogen (secondary N) is 1. The first kappa shape index (κ1) is 14.7. The number of carboxylic acids is 1. The number of carbonyl (C=O) groups excluding carboxylic acids is 1. The highest BCUT2D eigenvalue weighted by Crippen LogP contribution is 2.25. The van der Waals surface area contributed by atoms with Crippen molar-refractivity contribution in [3.8, 4) is 0 Å². The van der Waals surface area contributed by atoms with E-state index in [1.165, 1.54) is 17.4 Å². The summed E-state index contributed by atoms with van der Waals surface area (Å²) in [6, 6.07) is 1.78. The van der Waals surface area contributed by atoms with Crippen LogP contribution < -0.4 is 5.32 Å². The maximum Gasteiger partial charge on any atom is 0.328 e. The van der Waals surface area contributed by atoms with Crippen molar-refractivity contribution in [3.05, 3.63) is 27.5 Å². The van der Waals surface area contributed by atoms with Crippen molar-refractivity contribution in [2.24, 2.45) is 0 Å². The summed E-state index contributed by atoms with van der Waals surface area (Å²) in [4.78, 5) is 24.1. The molecule has 20 heavy (non-hydrogen) atoms. The molecule has 1 aliphatic heterocycles. The van der Waals surface area contributed by atoms with Crippen LogP contribution in [0.4, 0.5) is 0 Å². The Labute approximate surface area is 121 Å². The number of thiophene rings is 1. The summed E-state index contributed by atoms with van der Waals surface area (Å²) < 4.78 is 5.30. The van der Waals surface area contributed by atoms with E-state index in [1.807, 2.05) is 13.8 Å². The summed E-state index contributed by atoms with van der Waals surface area (Å²) in [7, 11) is 0. The van der Waals surface area contributed by atoms with E-state index in [4.69, 9.17) is 9.84 Å². The van der Waals surface area contributed by atoms with Crippen molar-refractivity contribution in [3.63, 3.8) is 0 Å². The van der Waals surface area contributed by atoms with Gasteiger partial charge in [0.05, 0.1) is 17.0 Å². The Kier molecular flexibility index (Phi) is 4.25. The van der Waals surface area contributed by atoms with Crippen molar-refractivity contribution in [2.45, 2.75) is 25.8 Å². The summed E-state index contributed by atoms with van der Waals surface area (Å²) in [5.41, 5.74) is 0.581. The molecule has 0 saturated carbocycles. The molecule has 0 aromatic carbocycles. The molecule has 0 bridgehead atoms. The highest BCUT2D eigenvalue weighted by Gasteiger charge is 2.31. The molecule has 2 N–H and O–H groups in total. The van der Waals surface area contributed by atoms with Crippen molar-refractivity contribution in [1.82, 2.24) is 5.32 Å². The lowest BCUT2D eigenvalue weighted by molar-refractivity contribution is -0.131. The van der Waals surface area contributed by atoms with Crippen LogP contribution in [-0.2, 0) is 9.53 Å². The van der Waals surface area contributed by atoms with E-state index in [0.29, 0.717) is 18.1 Å². The molecule has 2 rings (SSSR count). The van der Waals surface area contributed by atoms with Gasteiger partial charge in [0.25, 0.3) is 5.91 Å². The molecule has 1 aromatic heterocycles. The molecule has 2 heterocycles. The van der Waals surface area contributed by atoms with Crippen LogP contribution in [0.2, 0.25) is 0 Å². The Morgan fingerprint density at radius 1 is 1.55 bits per heavy atom. The minimum atomic E-state index is -1.00. The number of amides is 1. The molecule has 5 nitrogen and oxygen atoms in total. The summed E-state index contributed by atoms with van der Waals surface area (Å²) in [5.74, 6) is -1.14. The average Bonchev–Trinajstić information content (AvgIpc) is 2.93. The molecule has 1 atom stereocenters. The van der Waals surface area contributed by atoms with E-state index in [-0.39, 0.29) is 11.4 Å². The Morgan fingerprint density at radius 2 is 2.30 bits per heavy atom. The van der Waals surface area contributed by atoms with Gasteiger partial charge in [-0.25, -0.2) is 4.79 Å². The van der Waals surface area contributed by atoms with Gasteiger partial charge in [-0.1, -0.05) is 0 Å². The number of aliphatic carboxylic acids is 1. The molecule has 1 amide bonds. The van der Waals surface area contributed by atoms with Gasteiger partial charge in [-0.2, -0.15) is 0 Å². The normalized spacial score (nSPS) is 22.3. The number of ether oxygens (including phenoxy) is 1. The predicted octanol–water partition coefficient (Wildman–Crippen LogP) is 2.06. The molecule has 0 spiro atoms. The zero-order valence-electron chi connectivity index (χ0n) is 11.4. The number of carbonyl (C=O) groups is 2. The van der Waals surface area contributed by atoms with Gasteiger partial charge in [0.1, 0.15) is 0 Å². The molecule has 1 saturated heterocycles. The molecule has 1 unspecified atom stereocenters. The number of rotatable bonds is 4. The molecule has 1 aromatic rings. The topological polar surface area (TPSA) is 75.6 Å². The second kappa shape index (κ2) is 5.76. The molecule has 1 fully saturated rings. The first-order valence-electron chi connectivity index (χ1n) is 6.31. The summed E-state index contributed by atoms with van der Waals surface area (Å²) in [6.45, 7) is 5.00. The van der Waals surface area contributed by atoms with Crippen LogP contribution in [0.25, 0.3) is 6.08 Å². The maximum absolute atomic E-state index is 12.2. The van der Waals surface area contributed by atoms with Crippen LogP contribution in [0.1, 0.15) is 33.5 Å². The highest BCUT2D eigenvalue weighted by molar-refractivity contribution is 7.15. The van der Waals surface area contributed by atoms with Gasteiger partial charge in [0, 0.05) is 17.6 Å². The zero-order valence-corrected chi connectivity index (χ0v) is 12.3. The monoisotopic (exact) mass is 295 g/mol. The number of aryl methyl sites for hydroxylation is 1. The van der Waals surface area contributed by atoms with Gasteiger partial charge in [0.2, 0.25) is 0 Å². The molecule has 108 valence electrons. The standard InChI is InChI=1S/C14H17NO4S/c1-9-7-11(20-10(9)3-4-12(16)17)13(18)15-14(2)5-6-19-8-14/h3-4,7H,5-6,8H2,1-2H3,(H,15,18)(H,16,17)/b4-3+. The summed E-state index contributed by atoms with van der Waals surface area (Å²) in [6.07, 6.45) is 3.39. The minimum Gasteiger partial charge on any atom is -0.478 e. The number of carboxylic acid groups (broad SMARTS) is 1. The molecular formula is C14H17NO4S. The van der Waals surface area contributed by atoms with Crippen molar-refractivity contribution in [1.29, 1.82) is 0 Å². The SMILES string of the molecule is Cc1cc(C(=O)NC2(C)CCOC2)sc1/C=C/C(=O)O. The second-order valence-corrected chi connectivity index (χ2v) is 6.23. The number of hydrogen-bond acceptors (Lipinski definition) is 4. The van der Waals surface area contributed by atoms with Gasteiger partial charge in [-0.3, -0.25) is 4.79 Å². The Morgan fingerprint density at radius 3 is 2.90 bits per heavy atom. The van der Waals surface area contributed by atoms with Crippen LogP contribution in [0.5, 0.6) is 0 Å². The fourth-order valence-corrected chi connectivity index (χ4v) is 2.99. The molecule has 1 aliphatic rings. The largest absolute Gasteiger partial charge is 0.478 e. The van der Waals surface area contributed by atoms with E-state index in [1.54, 1.807) is 6.07 Å². The van der Waals surface area contributed by atoms with Gasteiger partial charge in [-0.15, -0.1) is 11.3 Å².